The van der Waals surface area contributed by atoms with Crippen LogP contribution >= 0.6 is 0 Å². The first-order chi connectivity index (χ1) is 1.73. The van der Waals surface area contributed by atoms with Gasteiger partial charge in [0.25, 0.3) is 11.5 Å². The van der Waals surface area contributed by atoms with E-state index in [4.69, 9.17) is 4.78 Å². The molecule has 0 atom stereocenters. The third-order valence-electron chi connectivity index (χ3n) is 0. The van der Waals surface area contributed by atoms with Gasteiger partial charge in [-0.15, -0.1) is 7.77 Å². The minimum atomic E-state index is -3.11. The van der Waals surface area contributed by atoms with Crippen molar-refractivity contribution in [1.29, 1.82) is 4.78 Å². The fraction of sp³-hybridized carbons (Fsp3) is 0. The molecule has 0 aromatic rings. The molecule has 2 radical (unpaired) electrons. The SMILES string of the molecule is N=S(F)F.[K].[K]. The molecule has 1 nitrogen and oxygen atoms in total. The van der Waals surface area contributed by atoms with Crippen LogP contribution in [0.4, 0.5) is 7.77 Å². The van der Waals surface area contributed by atoms with E-state index in [1.54, 1.807) is 0 Å². The predicted octanol–water partition coefficient (Wildman–Crippen LogP) is 0.374. The van der Waals surface area contributed by atoms with E-state index in [0.29, 0.717) is 0 Å². The molecule has 0 aliphatic heterocycles. The monoisotopic (exact) mass is 163 g/mol. The quantitative estimate of drug-likeness (QED) is 0.499. The van der Waals surface area contributed by atoms with Gasteiger partial charge in [-0.25, -0.2) is 4.78 Å². The van der Waals surface area contributed by atoms with Crippen molar-refractivity contribution in [2.24, 2.45) is 0 Å². The fourth-order valence-electron chi connectivity index (χ4n) is 0. The van der Waals surface area contributed by atoms with Crippen LogP contribution < -0.4 is 0 Å². The van der Waals surface area contributed by atoms with Crippen LogP contribution in [0, 0.1) is 4.78 Å². The molecule has 0 aliphatic carbocycles. The Morgan fingerprint density at radius 1 is 1.17 bits per heavy atom. The molecule has 0 bridgehead atoms. The number of hydrogen-bond acceptors (Lipinski definition) is 1. The van der Waals surface area contributed by atoms with E-state index >= 15 is 0 Å². The van der Waals surface area contributed by atoms with Gasteiger partial charge in [0.15, 0.2) is 0 Å². The zero-order valence-corrected chi connectivity index (χ0v) is 10.7. The van der Waals surface area contributed by atoms with Gasteiger partial charge in [0.1, 0.15) is 0 Å². The first kappa shape index (κ1) is 16.1. The molecule has 0 saturated carbocycles. The second-order valence-electron chi connectivity index (χ2n) is 0.213. The molecule has 0 rings (SSSR count). The predicted molar refractivity (Wildman–Crippen MR) is 23.8 cm³/mol. The summed E-state index contributed by atoms with van der Waals surface area (Å²) >= 11 is -3.11. The standard InChI is InChI=1S/F2HNS.2K/c1-4(2)3;;/h3H;;. The molecule has 6 heteroatoms. The first-order valence-corrected chi connectivity index (χ1v) is 1.54. The number of hydrogen-bond donors (Lipinski definition) is 1. The molecular formula is HF2K2NS. The van der Waals surface area contributed by atoms with Gasteiger partial charge < -0.3 is 0 Å². The van der Waals surface area contributed by atoms with Gasteiger partial charge >= 0.3 is 0 Å². The van der Waals surface area contributed by atoms with Gasteiger partial charge in [-0.1, -0.05) is 0 Å². The maximum Gasteiger partial charge on any atom is 0.258 e. The smallest absolute Gasteiger partial charge is 0.222 e. The number of halogens is 2. The maximum absolute atomic E-state index is 10.0. The Kier molecular flexibility index (Phi) is 29.9. The average Bonchev–Trinajstić information content (AvgIpc) is 0.811. The first-order valence-electron chi connectivity index (χ1n) is 0.513. The molecule has 0 aromatic heterocycles. The van der Waals surface area contributed by atoms with Crippen LogP contribution in [0.1, 0.15) is 0 Å². The Labute approximate surface area is 123 Å². The summed E-state index contributed by atoms with van der Waals surface area (Å²) in [5.41, 5.74) is 0. The maximum atomic E-state index is 10.0. The van der Waals surface area contributed by atoms with Crippen LogP contribution in [-0.4, -0.2) is 103 Å². The zero-order chi connectivity index (χ0) is 3.58. The summed E-state index contributed by atoms with van der Waals surface area (Å²) in [6.07, 6.45) is 0. The molecule has 0 heterocycles. The summed E-state index contributed by atoms with van der Waals surface area (Å²) in [6, 6.07) is 0. The molecule has 0 saturated heterocycles. The molecule has 0 aliphatic rings. The minimum absolute atomic E-state index is 0. The summed E-state index contributed by atoms with van der Waals surface area (Å²) < 4.78 is 25.3. The van der Waals surface area contributed by atoms with Crippen molar-refractivity contribution in [2.45, 2.75) is 0 Å². The van der Waals surface area contributed by atoms with E-state index in [1.165, 1.54) is 0 Å². The second-order valence-corrected chi connectivity index (χ2v) is 0.638. The normalized spacial score (nSPS) is 5.83. The Morgan fingerprint density at radius 3 is 1.17 bits per heavy atom. The topological polar surface area (TPSA) is 23.9 Å². The van der Waals surface area contributed by atoms with E-state index in [-0.39, 0.29) is 103 Å². The fourth-order valence-corrected chi connectivity index (χ4v) is 0. The Bertz CT molecular complexity index is 34.5. The van der Waals surface area contributed by atoms with Crippen LogP contribution in [0.5, 0.6) is 0 Å². The van der Waals surface area contributed by atoms with Crippen molar-refractivity contribution in [2.75, 3.05) is 0 Å². The van der Waals surface area contributed by atoms with Crippen molar-refractivity contribution < 1.29 is 7.77 Å². The number of rotatable bonds is 0. The molecule has 0 unspecified atom stereocenters. The van der Waals surface area contributed by atoms with Crippen LogP contribution in [0.25, 0.3) is 0 Å². The van der Waals surface area contributed by atoms with Gasteiger partial charge in [0.05, 0.1) is 0 Å². The van der Waals surface area contributed by atoms with Crippen molar-refractivity contribution in [3.8, 4) is 0 Å². The van der Waals surface area contributed by atoms with Crippen LogP contribution in [0.15, 0.2) is 0 Å². The van der Waals surface area contributed by atoms with Crippen LogP contribution in [0.3, 0.4) is 0 Å². The summed E-state index contributed by atoms with van der Waals surface area (Å²) in [6.45, 7) is 0. The summed E-state index contributed by atoms with van der Waals surface area (Å²) in [5, 5.41) is 0. The largest absolute Gasteiger partial charge is 0.258 e. The molecule has 6 heavy (non-hydrogen) atoms. The third-order valence-corrected chi connectivity index (χ3v) is 0. The van der Waals surface area contributed by atoms with Gasteiger partial charge in [-0.2, -0.15) is 0 Å². The zero-order valence-electron chi connectivity index (χ0n) is 3.66. The van der Waals surface area contributed by atoms with E-state index in [0.717, 1.165) is 0 Å². The van der Waals surface area contributed by atoms with Crippen molar-refractivity contribution in [3.63, 3.8) is 0 Å². The van der Waals surface area contributed by atoms with E-state index in [1.807, 2.05) is 0 Å². The number of nitrogens with one attached hydrogen (secondary N) is 1. The Balaban J connectivity index is -0.0000000450. The molecule has 28 valence electrons. The summed E-state index contributed by atoms with van der Waals surface area (Å²) in [4.78, 5) is 0. The third kappa shape index (κ3) is 26.7. The molecule has 0 aromatic carbocycles. The van der Waals surface area contributed by atoms with Crippen molar-refractivity contribution >= 4 is 114 Å². The summed E-state index contributed by atoms with van der Waals surface area (Å²) in [7, 11) is 0. The van der Waals surface area contributed by atoms with Crippen molar-refractivity contribution in [1.82, 2.24) is 0 Å². The molecule has 0 spiro atoms. The van der Waals surface area contributed by atoms with Gasteiger partial charge in [0.2, 0.25) is 0 Å². The van der Waals surface area contributed by atoms with Gasteiger partial charge in [0, 0.05) is 103 Å². The van der Waals surface area contributed by atoms with Crippen molar-refractivity contribution in [3.05, 3.63) is 0 Å². The van der Waals surface area contributed by atoms with Crippen LogP contribution in [-0.2, 0) is 11.5 Å². The van der Waals surface area contributed by atoms with Gasteiger partial charge in [-0.3, -0.25) is 0 Å². The summed E-state index contributed by atoms with van der Waals surface area (Å²) in [5.74, 6) is 0. The Hall–Kier alpha value is 3.28. The minimum Gasteiger partial charge on any atom is -0.222 e. The van der Waals surface area contributed by atoms with Gasteiger partial charge in [-0.05, 0) is 0 Å². The van der Waals surface area contributed by atoms with E-state index in [2.05, 4.69) is 0 Å². The van der Waals surface area contributed by atoms with E-state index < -0.39 is 11.5 Å². The Morgan fingerprint density at radius 2 is 1.17 bits per heavy atom. The molecule has 0 amide bonds. The second kappa shape index (κ2) is 11.1. The van der Waals surface area contributed by atoms with Crippen LogP contribution in [0.2, 0.25) is 0 Å². The molecular weight excluding hydrogens is 162 g/mol. The average molecular weight is 163 g/mol. The van der Waals surface area contributed by atoms with E-state index in [9.17, 15) is 7.77 Å². The molecule has 0 fully saturated rings. The molecule has 1 N–H and O–H groups in total.